The van der Waals surface area contributed by atoms with Gasteiger partial charge in [-0.05, 0) is 19.1 Å². The van der Waals surface area contributed by atoms with Crippen LogP contribution in [0, 0.1) is 11.3 Å². The van der Waals surface area contributed by atoms with Crippen LogP contribution in [0.5, 0.6) is 0 Å². The van der Waals surface area contributed by atoms with E-state index in [1.165, 1.54) is 17.1 Å². The molecular formula is C19H17ClN8O2. The van der Waals surface area contributed by atoms with Gasteiger partial charge in [0.25, 0.3) is 5.91 Å². The van der Waals surface area contributed by atoms with Crippen LogP contribution >= 0.6 is 11.6 Å². The summed E-state index contributed by atoms with van der Waals surface area (Å²) in [5.41, 5.74) is 7.28. The topological polar surface area (TPSA) is 152 Å². The first-order valence-electron chi connectivity index (χ1n) is 8.77. The van der Waals surface area contributed by atoms with E-state index in [1.807, 2.05) is 6.07 Å². The zero-order valence-corrected chi connectivity index (χ0v) is 16.6. The fourth-order valence-corrected chi connectivity index (χ4v) is 2.73. The van der Waals surface area contributed by atoms with Crippen LogP contribution in [0.25, 0.3) is 11.3 Å². The van der Waals surface area contributed by atoms with Crippen molar-refractivity contribution in [2.75, 3.05) is 5.32 Å². The molecule has 3 rings (SSSR count). The van der Waals surface area contributed by atoms with Crippen molar-refractivity contribution in [3.63, 3.8) is 0 Å². The Hall–Kier alpha value is -3.97. The smallest absolute Gasteiger partial charge is 0.252 e. The highest BCUT2D eigenvalue weighted by Crippen LogP contribution is 2.27. The first-order chi connectivity index (χ1) is 14.4. The van der Waals surface area contributed by atoms with E-state index in [9.17, 15) is 9.59 Å². The van der Waals surface area contributed by atoms with Gasteiger partial charge in [-0.1, -0.05) is 23.7 Å². The summed E-state index contributed by atoms with van der Waals surface area (Å²) in [5.74, 6) is -0.578. The minimum Gasteiger partial charge on any atom is -0.368 e. The van der Waals surface area contributed by atoms with E-state index in [0.717, 1.165) is 0 Å². The molecular weight excluding hydrogens is 408 g/mol. The molecule has 10 nitrogen and oxygen atoms in total. The Labute approximate surface area is 176 Å². The Morgan fingerprint density at radius 1 is 1.30 bits per heavy atom. The number of halogens is 1. The minimum absolute atomic E-state index is 0.0402. The summed E-state index contributed by atoms with van der Waals surface area (Å²) in [6.07, 6.45) is 4.56. The Kier molecular flexibility index (Phi) is 6.24. The molecule has 0 radical (unpaired) electrons. The third-order valence-electron chi connectivity index (χ3n) is 3.91. The van der Waals surface area contributed by atoms with E-state index in [1.54, 1.807) is 37.4 Å². The predicted octanol–water partition coefficient (Wildman–Crippen LogP) is 1.86. The normalized spacial score (nSPS) is 11.4. The third kappa shape index (κ3) is 5.09. The first kappa shape index (κ1) is 20.8. The highest BCUT2D eigenvalue weighted by atomic mass is 35.5. The molecule has 0 saturated heterocycles. The fourth-order valence-electron chi connectivity index (χ4n) is 2.52. The van der Waals surface area contributed by atoms with Crippen LogP contribution in [0.1, 0.15) is 17.3 Å². The van der Waals surface area contributed by atoms with Gasteiger partial charge in [0.1, 0.15) is 12.6 Å². The summed E-state index contributed by atoms with van der Waals surface area (Å²) < 4.78 is 1.39. The molecule has 2 aromatic heterocycles. The molecule has 0 bridgehead atoms. The zero-order chi connectivity index (χ0) is 21.7. The summed E-state index contributed by atoms with van der Waals surface area (Å²) in [6, 6.07) is 8.00. The van der Waals surface area contributed by atoms with Gasteiger partial charge in [-0.2, -0.15) is 10.4 Å². The maximum atomic E-state index is 12.1. The van der Waals surface area contributed by atoms with Crippen LogP contribution in [0.3, 0.4) is 0 Å². The van der Waals surface area contributed by atoms with Crippen molar-refractivity contribution < 1.29 is 9.59 Å². The Morgan fingerprint density at radius 2 is 2.03 bits per heavy atom. The lowest BCUT2D eigenvalue weighted by atomic mass is 10.1. The number of hydrogen-bond acceptors (Lipinski definition) is 7. The molecule has 0 aliphatic heterocycles. The number of amides is 2. The van der Waals surface area contributed by atoms with Crippen molar-refractivity contribution in [1.82, 2.24) is 25.1 Å². The third-order valence-corrected chi connectivity index (χ3v) is 4.19. The van der Waals surface area contributed by atoms with E-state index >= 15 is 0 Å². The van der Waals surface area contributed by atoms with Crippen molar-refractivity contribution in [2.45, 2.75) is 19.5 Å². The number of benzene rings is 1. The molecule has 1 atom stereocenters. The van der Waals surface area contributed by atoms with Crippen LogP contribution in [-0.2, 0) is 11.3 Å². The number of hydrogen-bond donors (Lipinski definition) is 3. The van der Waals surface area contributed by atoms with Crippen molar-refractivity contribution in [2.24, 2.45) is 5.73 Å². The lowest BCUT2D eigenvalue weighted by molar-refractivity contribution is -0.118. The molecule has 152 valence electrons. The number of carbonyl (C=O) groups excluding carboxylic acids is 2. The molecule has 30 heavy (non-hydrogen) atoms. The van der Waals surface area contributed by atoms with Gasteiger partial charge < -0.3 is 16.4 Å². The minimum atomic E-state index is -0.588. The molecule has 1 aromatic carbocycles. The van der Waals surface area contributed by atoms with Gasteiger partial charge in [-0.15, -0.1) is 0 Å². The van der Waals surface area contributed by atoms with Gasteiger partial charge in [0.2, 0.25) is 11.9 Å². The van der Waals surface area contributed by atoms with Crippen molar-refractivity contribution in [3.05, 3.63) is 53.4 Å². The molecule has 0 spiro atoms. The molecule has 0 fully saturated rings. The van der Waals surface area contributed by atoms with Gasteiger partial charge in [0, 0.05) is 17.3 Å². The number of carbonyl (C=O) groups is 2. The summed E-state index contributed by atoms with van der Waals surface area (Å²) in [6.45, 7) is 1.56. The van der Waals surface area contributed by atoms with E-state index in [2.05, 4.69) is 25.7 Å². The van der Waals surface area contributed by atoms with Crippen molar-refractivity contribution in [1.29, 1.82) is 5.26 Å². The Bertz CT molecular complexity index is 1120. The number of nitrogens with one attached hydrogen (secondary N) is 2. The lowest BCUT2D eigenvalue weighted by Crippen LogP contribution is -2.31. The molecule has 2 heterocycles. The summed E-state index contributed by atoms with van der Waals surface area (Å²) in [4.78, 5) is 31.6. The average Bonchev–Trinajstić information content (AvgIpc) is 3.15. The molecule has 3 aromatic rings. The number of nitriles is 1. The van der Waals surface area contributed by atoms with Gasteiger partial charge >= 0.3 is 0 Å². The molecule has 0 saturated carbocycles. The maximum Gasteiger partial charge on any atom is 0.252 e. The van der Waals surface area contributed by atoms with Crippen molar-refractivity contribution in [3.8, 4) is 17.3 Å². The second kappa shape index (κ2) is 9.02. The predicted molar refractivity (Wildman–Crippen MR) is 110 cm³/mol. The highest BCUT2D eigenvalue weighted by Gasteiger charge is 2.12. The number of nitrogens with zero attached hydrogens (tertiary/aromatic N) is 5. The SMILES string of the molecule is CC(C#N)NC(=O)c1ccc(-c2nc(Nc3cnn(CC(N)=O)c3)ncc2Cl)cc1. The molecule has 0 aliphatic rings. The average molecular weight is 425 g/mol. The molecule has 0 aliphatic carbocycles. The van der Waals surface area contributed by atoms with E-state index in [0.29, 0.717) is 27.5 Å². The highest BCUT2D eigenvalue weighted by molar-refractivity contribution is 6.32. The standard InChI is InChI=1S/C19H17ClN8O2/c1-11(6-21)25-18(30)13-4-2-12(3-5-13)17-15(20)8-23-19(27-17)26-14-7-24-28(9-14)10-16(22)29/h2-5,7-9,11H,10H2,1H3,(H2,22,29)(H,25,30)(H,23,26,27). The van der Waals surface area contributed by atoms with E-state index in [4.69, 9.17) is 22.6 Å². The number of rotatable bonds is 7. The maximum absolute atomic E-state index is 12.1. The van der Waals surface area contributed by atoms with Gasteiger partial charge in [-0.3, -0.25) is 14.3 Å². The summed E-state index contributed by atoms with van der Waals surface area (Å²) >= 11 is 6.25. The van der Waals surface area contributed by atoms with Gasteiger partial charge in [0.05, 0.1) is 34.9 Å². The van der Waals surface area contributed by atoms with E-state index in [-0.39, 0.29) is 18.4 Å². The number of nitrogens with two attached hydrogens (primary N) is 1. The van der Waals surface area contributed by atoms with Crippen LogP contribution in [0.15, 0.2) is 42.9 Å². The second-order valence-electron chi connectivity index (χ2n) is 6.31. The van der Waals surface area contributed by atoms with E-state index < -0.39 is 11.9 Å². The number of primary amides is 1. The largest absolute Gasteiger partial charge is 0.368 e. The second-order valence-corrected chi connectivity index (χ2v) is 6.72. The Balaban J connectivity index is 1.78. The number of aromatic nitrogens is 4. The molecule has 1 unspecified atom stereocenters. The molecule has 11 heteroatoms. The quantitative estimate of drug-likeness (QED) is 0.523. The van der Waals surface area contributed by atoms with Crippen LogP contribution < -0.4 is 16.4 Å². The Morgan fingerprint density at radius 3 is 2.70 bits per heavy atom. The summed E-state index contributed by atoms with van der Waals surface area (Å²) in [5, 5.41) is 18.7. The van der Waals surface area contributed by atoms with Gasteiger partial charge in [-0.25, -0.2) is 9.97 Å². The van der Waals surface area contributed by atoms with Crippen molar-refractivity contribution >= 4 is 35.1 Å². The first-order valence-corrected chi connectivity index (χ1v) is 9.14. The van der Waals surface area contributed by atoms with Crippen LogP contribution in [0.2, 0.25) is 5.02 Å². The number of anilines is 2. The monoisotopic (exact) mass is 424 g/mol. The van der Waals surface area contributed by atoms with Crippen LogP contribution in [0.4, 0.5) is 11.6 Å². The fraction of sp³-hybridized carbons (Fsp3) is 0.158. The summed E-state index contributed by atoms with van der Waals surface area (Å²) in [7, 11) is 0. The zero-order valence-electron chi connectivity index (χ0n) is 15.8. The molecule has 2 amide bonds. The lowest BCUT2D eigenvalue weighted by Gasteiger charge is -2.09. The van der Waals surface area contributed by atoms with Crippen LogP contribution in [-0.4, -0.2) is 37.6 Å². The van der Waals surface area contributed by atoms with Gasteiger partial charge in [0.15, 0.2) is 0 Å². The molecule has 4 N–H and O–H groups in total.